The Morgan fingerprint density at radius 2 is 2.11 bits per heavy atom. The first-order chi connectivity index (χ1) is 9.13. The molecule has 1 fully saturated rings. The molecule has 3 rings (SSSR count). The molecule has 5 nitrogen and oxygen atoms in total. The Labute approximate surface area is 112 Å². The van der Waals surface area contributed by atoms with Crippen molar-refractivity contribution in [3.8, 4) is 0 Å². The van der Waals surface area contributed by atoms with Gasteiger partial charge in [-0.3, -0.25) is 14.5 Å². The zero-order valence-corrected chi connectivity index (χ0v) is 11.1. The maximum atomic E-state index is 12.5. The Bertz CT molecular complexity index is 556. The molecular weight excluding hydrogens is 242 g/mol. The monoisotopic (exact) mass is 259 g/mol. The fourth-order valence-corrected chi connectivity index (χ4v) is 2.85. The topological polar surface area (TPSA) is 52.7 Å². The van der Waals surface area contributed by atoms with E-state index in [0.717, 1.165) is 16.9 Å². The van der Waals surface area contributed by atoms with Crippen LogP contribution >= 0.6 is 0 Å². The van der Waals surface area contributed by atoms with Gasteiger partial charge in [0.2, 0.25) is 5.91 Å². The van der Waals surface area contributed by atoms with E-state index < -0.39 is 6.04 Å². The molecule has 1 atom stereocenters. The Hall–Kier alpha value is -1.88. The maximum absolute atomic E-state index is 12.5. The van der Waals surface area contributed by atoms with Crippen LogP contribution in [0.3, 0.4) is 0 Å². The van der Waals surface area contributed by atoms with Gasteiger partial charge < -0.3 is 10.2 Å². The van der Waals surface area contributed by atoms with Crippen LogP contribution in [0, 0.1) is 6.92 Å². The second kappa shape index (κ2) is 4.35. The van der Waals surface area contributed by atoms with Crippen molar-refractivity contribution in [3.63, 3.8) is 0 Å². The number of rotatable bonds is 1. The quantitative estimate of drug-likeness (QED) is 0.806. The minimum atomic E-state index is -0.407. The lowest BCUT2D eigenvalue weighted by Crippen LogP contribution is -2.64. The summed E-state index contributed by atoms with van der Waals surface area (Å²) in [6, 6.07) is 5.48. The van der Waals surface area contributed by atoms with Crippen LogP contribution in [0.25, 0.3) is 0 Å². The fourth-order valence-electron chi connectivity index (χ4n) is 2.85. The number of benzene rings is 1. The number of nitrogens with zero attached hydrogens (tertiary/aromatic N) is 2. The molecule has 0 radical (unpaired) electrons. The minimum Gasteiger partial charge on any atom is -0.309 e. The van der Waals surface area contributed by atoms with Crippen molar-refractivity contribution >= 4 is 23.2 Å². The van der Waals surface area contributed by atoms with Crippen molar-refractivity contribution in [2.75, 3.05) is 29.4 Å². The number of carbonyl (C=O) groups excluding carboxylic acids is 2. The highest BCUT2D eigenvalue weighted by molar-refractivity contribution is 6.14. The van der Waals surface area contributed by atoms with Crippen LogP contribution in [-0.2, 0) is 9.59 Å². The number of anilines is 2. The normalized spacial score (nSPS) is 22.3. The van der Waals surface area contributed by atoms with Crippen LogP contribution in [0.15, 0.2) is 18.2 Å². The zero-order valence-electron chi connectivity index (χ0n) is 11.1. The lowest BCUT2D eigenvalue weighted by Gasteiger charge is -2.43. The third kappa shape index (κ3) is 1.73. The summed E-state index contributed by atoms with van der Waals surface area (Å²) in [4.78, 5) is 28.0. The van der Waals surface area contributed by atoms with E-state index in [1.165, 1.54) is 0 Å². The first-order valence-corrected chi connectivity index (χ1v) is 6.58. The van der Waals surface area contributed by atoms with Gasteiger partial charge in [0.05, 0.1) is 17.9 Å². The number of nitrogens with one attached hydrogen (secondary N) is 1. The van der Waals surface area contributed by atoms with Crippen LogP contribution in [0.2, 0.25) is 0 Å². The van der Waals surface area contributed by atoms with Gasteiger partial charge in [-0.1, -0.05) is 6.07 Å². The summed E-state index contributed by atoms with van der Waals surface area (Å²) >= 11 is 0. The number of likely N-dealkylation sites (N-methyl/N-ethyl adjacent to an activating group) is 1. The van der Waals surface area contributed by atoms with Gasteiger partial charge in [-0.2, -0.15) is 0 Å². The lowest BCUT2D eigenvalue weighted by molar-refractivity contribution is -0.126. The van der Waals surface area contributed by atoms with E-state index in [4.69, 9.17) is 0 Å². The Kier molecular flexibility index (Phi) is 2.78. The van der Waals surface area contributed by atoms with Gasteiger partial charge in [0.15, 0.2) is 0 Å². The smallest absolute Gasteiger partial charge is 0.251 e. The lowest BCUT2D eigenvalue weighted by atomic mass is 10.0. The standard InChI is InChI=1S/C14H17N3O2/c1-3-16-10-5-4-9(2)6-11(10)17-12(14(16)19)7-15-8-13(17)18/h4-6,12,15H,3,7-8H2,1-2H3. The molecule has 2 aliphatic rings. The molecule has 2 heterocycles. The van der Waals surface area contributed by atoms with Crippen molar-refractivity contribution in [3.05, 3.63) is 23.8 Å². The van der Waals surface area contributed by atoms with Crippen molar-refractivity contribution in [1.29, 1.82) is 0 Å². The van der Waals surface area contributed by atoms with Crippen molar-refractivity contribution in [2.24, 2.45) is 0 Å². The van der Waals surface area contributed by atoms with Gasteiger partial charge in [0, 0.05) is 13.1 Å². The molecule has 2 amide bonds. The number of fused-ring (bicyclic) bond motifs is 3. The molecule has 100 valence electrons. The molecule has 0 spiro atoms. The predicted octanol–water partition coefficient (Wildman–Crippen LogP) is 0.666. The van der Waals surface area contributed by atoms with Crippen LogP contribution in [0.5, 0.6) is 0 Å². The zero-order chi connectivity index (χ0) is 13.6. The second-order valence-corrected chi connectivity index (χ2v) is 4.99. The van der Waals surface area contributed by atoms with Crippen LogP contribution < -0.4 is 15.1 Å². The van der Waals surface area contributed by atoms with Gasteiger partial charge in [-0.05, 0) is 31.5 Å². The third-order valence-electron chi connectivity index (χ3n) is 3.74. The average molecular weight is 259 g/mol. The molecule has 1 aromatic carbocycles. The highest BCUT2D eigenvalue weighted by Gasteiger charge is 2.42. The molecule has 19 heavy (non-hydrogen) atoms. The number of hydrogen-bond donors (Lipinski definition) is 1. The third-order valence-corrected chi connectivity index (χ3v) is 3.74. The summed E-state index contributed by atoms with van der Waals surface area (Å²) in [7, 11) is 0. The van der Waals surface area contributed by atoms with E-state index in [0.29, 0.717) is 19.6 Å². The summed E-state index contributed by atoms with van der Waals surface area (Å²) in [5.74, 6) is -0.0355. The van der Waals surface area contributed by atoms with E-state index in [2.05, 4.69) is 5.32 Å². The molecule has 0 bridgehead atoms. The Morgan fingerprint density at radius 1 is 1.32 bits per heavy atom. The van der Waals surface area contributed by atoms with E-state index >= 15 is 0 Å². The van der Waals surface area contributed by atoms with Crippen LogP contribution in [0.1, 0.15) is 12.5 Å². The minimum absolute atomic E-state index is 0.000553. The van der Waals surface area contributed by atoms with Gasteiger partial charge in [-0.25, -0.2) is 0 Å². The van der Waals surface area contributed by atoms with Crippen molar-refractivity contribution in [1.82, 2.24) is 5.32 Å². The van der Waals surface area contributed by atoms with Crippen molar-refractivity contribution in [2.45, 2.75) is 19.9 Å². The summed E-state index contributed by atoms with van der Waals surface area (Å²) in [5, 5.41) is 3.02. The number of aryl methyl sites for hydroxylation is 1. The highest BCUT2D eigenvalue weighted by Crippen LogP contribution is 2.37. The van der Waals surface area contributed by atoms with Gasteiger partial charge >= 0.3 is 0 Å². The number of carbonyl (C=O) groups is 2. The highest BCUT2D eigenvalue weighted by atomic mass is 16.2. The fraction of sp³-hybridized carbons (Fsp3) is 0.429. The molecule has 0 aliphatic carbocycles. The summed E-state index contributed by atoms with van der Waals surface area (Å²) in [6.07, 6.45) is 0. The molecule has 1 N–H and O–H groups in total. The van der Waals surface area contributed by atoms with Crippen LogP contribution in [0.4, 0.5) is 11.4 Å². The van der Waals surface area contributed by atoms with Crippen LogP contribution in [-0.4, -0.2) is 37.5 Å². The number of amides is 2. The van der Waals surface area contributed by atoms with E-state index in [1.54, 1.807) is 9.80 Å². The van der Waals surface area contributed by atoms with E-state index in [9.17, 15) is 9.59 Å². The van der Waals surface area contributed by atoms with Gasteiger partial charge in [-0.15, -0.1) is 0 Å². The molecule has 0 aromatic heterocycles. The van der Waals surface area contributed by atoms with Crippen molar-refractivity contribution < 1.29 is 9.59 Å². The molecular formula is C14H17N3O2. The Morgan fingerprint density at radius 3 is 2.84 bits per heavy atom. The molecule has 5 heteroatoms. The maximum Gasteiger partial charge on any atom is 0.251 e. The number of piperazine rings is 1. The molecule has 0 saturated carbocycles. The molecule has 1 unspecified atom stereocenters. The summed E-state index contributed by atoms with van der Waals surface area (Å²) in [6.45, 7) is 5.38. The molecule has 1 saturated heterocycles. The molecule has 2 aliphatic heterocycles. The first kappa shape index (κ1) is 12.2. The SMILES string of the molecule is CCN1C(=O)C2CNCC(=O)N2c2cc(C)ccc21. The average Bonchev–Trinajstić information content (AvgIpc) is 2.40. The van der Waals surface area contributed by atoms with Gasteiger partial charge in [0.25, 0.3) is 5.91 Å². The van der Waals surface area contributed by atoms with E-state index in [1.807, 2.05) is 32.0 Å². The number of hydrogen-bond acceptors (Lipinski definition) is 3. The first-order valence-electron chi connectivity index (χ1n) is 6.58. The second-order valence-electron chi connectivity index (χ2n) is 4.99. The van der Waals surface area contributed by atoms with Gasteiger partial charge in [0.1, 0.15) is 6.04 Å². The largest absolute Gasteiger partial charge is 0.309 e. The molecule has 1 aromatic rings. The summed E-state index contributed by atoms with van der Waals surface area (Å²) in [5.41, 5.74) is 2.79. The Balaban J connectivity index is 2.18. The summed E-state index contributed by atoms with van der Waals surface area (Å²) < 4.78 is 0. The van der Waals surface area contributed by atoms with E-state index in [-0.39, 0.29) is 11.8 Å². The predicted molar refractivity (Wildman–Crippen MR) is 73.3 cm³/mol.